The van der Waals surface area contributed by atoms with Gasteiger partial charge in [-0.05, 0) is 33.0 Å². The van der Waals surface area contributed by atoms with E-state index in [0.717, 1.165) is 13.1 Å². The lowest BCUT2D eigenvalue weighted by atomic mass is 10.2. The molecule has 2 heterocycles. The number of hydrogen-bond donors (Lipinski definition) is 1. The van der Waals surface area contributed by atoms with Crippen molar-refractivity contribution in [2.75, 3.05) is 33.2 Å². The van der Waals surface area contributed by atoms with Crippen LogP contribution in [0.4, 0.5) is 0 Å². The number of amides is 2. The summed E-state index contributed by atoms with van der Waals surface area (Å²) in [4.78, 5) is 32.5. The normalized spacial score (nSPS) is 16.1. The van der Waals surface area contributed by atoms with Gasteiger partial charge in [-0.15, -0.1) is 0 Å². The monoisotopic (exact) mass is 290 g/mol. The van der Waals surface area contributed by atoms with Crippen LogP contribution in [0, 0.1) is 0 Å². The summed E-state index contributed by atoms with van der Waals surface area (Å²) >= 11 is 0. The fourth-order valence-electron chi connectivity index (χ4n) is 2.19. The van der Waals surface area contributed by atoms with Crippen LogP contribution in [0.25, 0.3) is 0 Å². The van der Waals surface area contributed by atoms with Crippen molar-refractivity contribution in [1.29, 1.82) is 0 Å². The number of pyridine rings is 1. The number of likely N-dealkylation sites (N-methyl/N-ethyl adjacent to an activating group) is 1. The van der Waals surface area contributed by atoms with Crippen molar-refractivity contribution in [1.82, 2.24) is 20.1 Å². The van der Waals surface area contributed by atoms with Crippen molar-refractivity contribution in [3.63, 3.8) is 0 Å². The van der Waals surface area contributed by atoms with Crippen molar-refractivity contribution >= 4 is 11.8 Å². The summed E-state index contributed by atoms with van der Waals surface area (Å²) in [5, 5.41) is 2.78. The van der Waals surface area contributed by atoms with Gasteiger partial charge in [0.25, 0.3) is 11.8 Å². The predicted octanol–water partition coefficient (Wildman–Crippen LogP) is 0.607. The van der Waals surface area contributed by atoms with E-state index >= 15 is 0 Å². The Bertz CT molecular complexity index is 522. The van der Waals surface area contributed by atoms with Gasteiger partial charge in [0.2, 0.25) is 0 Å². The Labute approximate surface area is 125 Å². The van der Waals surface area contributed by atoms with Gasteiger partial charge in [0, 0.05) is 32.2 Å². The van der Waals surface area contributed by atoms with Crippen LogP contribution in [0.15, 0.2) is 18.2 Å². The highest BCUT2D eigenvalue weighted by atomic mass is 16.2. The summed E-state index contributed by atoms with van der Waals surface area (Å²) in [6.07, 6.45) is 0. The molecule has 0 radical (unpaired) electrons. The van der Waals surface area contributed by atoms with Gasteiger partial charge in [-0.2, -0.15) is 0 Å². The van der Waals surface area contributed by atoms with Gasteiger partial charge >= 0.3 is 0 Å². The highest BCUT2D eigenvalue weighted by molar-refractivity contribution is 5.96. The van der Waals surface area contributed by atoms with Gasteiger partial charge in [-0.3, -0.25) is 9.59 Å². The number of aromatic nitrogens is 1. The molecule has 1 saturated heterocycles. The highest BCUT2D eigenvalue weighted by Gasteiger charge is 2.22. The summed E-state index contributed by atoms with van der Waals surface area (Å²) in [6.45, 7) is 6.88. The molecule has 21 heavy (non-hydrogen) atoms. The molecule has 2 rings (SSSR count). The van der Waals surface area contributed by atoms with Crippen molar-refractivity contribution in [3.8, 4) is 0 Å². The van der Waals surface area contributed by atoms with Crippen LogP contribution < -0.4 is 5.32 Å². The second kappa shape index (κ2) is 6.67. The predicted molar refractivity (Wildman–Crippen MR) is 80.2 cm³/mol. The maximum Gasteiger partial charge on any atom is 0.272 e. The summed E-state index contributed by atoms with van der Waals surface area (Å²) in [6, 6.07) is 5.02. The first-order chi connectivity index (χ1) is 9.97. The molecule has 0 atom stereocenters. The molecule has 6 nitrogen and oxygen atoms in total. The van der Waals surface area contributed by atoms with E-state index in [1.807, 2.05) is 20.9 Å². The lowest BCUT2D eigenvalue weighted by molar-refractivity contribution is 0.0658. The molecular weight excluding hydrogens is 268 g/mol. The van der Waals surface area contributed by atoms with E-state index in [4.69, 9.17) is 0 Å². The largest absolute Gasteiger partial charge is 0.349 e. The van der Waals surface area contributed by atoms with Crippen LogP contribution in [0.5, 0.6) is 0 Å². The lowest BCUT2D eigenvalue weighted by Gasteiger charge is -2.32. The Morgan fingerprint density at radius 2 is 1.76 bits per heavy atom. The first-order valence-electron chi connectivity index (χ1n) is 7.23. The molecule has 1 aromatic heterocycles. The molecule has 1 N–H and O–H groups in total. The van der Waals surface area contributed by atoms with Gasteiger partial charge in [0.05, 0.1) is 0 Å². The molecule has 1 fully saturated rings. The van der Waals surface area contributed by atoms with E-state index in [9.17, 15) is 9.59 Å². The van der Waals surface area contributed by atoms with Gasteiger partial charge in [0.15, 0.2) is 0 Å². The number of carbonyl (C=O) groups is 2. The third-order valence-corrected chi connectivity index (χ3v) is 3.41. The number of carbonyl (C=O) groups excluding carboxylic acids is 2. The van der Waals surface area contributed by atoms with Crippen molar-refractivity contribution in [3.05, 3.63) is 29.6 Å². The molecule has 0 aliphatic carbocycles. The first kappa shape index (κ1) is 15.4. The molecule has 0 saturated carbocycles. The van der Waals surface area contributed by atoms with Gasteiger partial charge in [0.1, 0.15) is 11.4 Å². The summed E-state index contributed by atoms with van der Waals surface area (Å²) in [5.41, 5.74) is 0.611. The Balaban J connectivity index is 2.09. The number of rotatable bonds is 3. The second-order valence-electron chi connectivity index (χ2n) is 5.63. The van der Waals surface area contributed by atoms with Crippen LogP contribution in [-0.4, -0.2) is 65.9 Å². The molecule has 1 aliphatic heterocycles. The second-order valence-corrected chi connectivity index (χ2v) is 5.63. The fraction of sp³-hybridized carbons (Fsp3) is 0.533. The third-order valence-electron chi connectivity index (χ3n) is 3.41. The smallest absolute Gasteiger partial charge is 0.272 e. The third kappa shape index (κ3) is 4.01. The zero-order chi connectivity index (χ0) is 15.4. The fourth-order valence-corrected chi connectivity index (χ4v) is 2.19. The molecule has 6 heteroatoms. The summed E-state index contributed by atoms with van der Waals surface area (Å²) in [7, 11) is 2.04. The molecule has 0 bridgehead atoms. The maximum atomic E-state index is 12.4. The summed E-state index contributed by atoms with van der Waals surface area (Å²) < 4.78 is 0. The van der Waals surface area contributed by atoms with Crippen LogP contribution in [0.3, 0.4) is 0 Å². The molecule has 114 valence electrons. The zero-order valence-electron chi connectivity index (χ0n) is 12.8. The molecule has 0 aromatic carbocycles. The minimum Gasteiger partial charge on any atom is -0.349 e. The van der Waals surface area contributed by atoms with Crippen LogP contribution in [0.2, 0.25) is 0 Å². The van der Waals surface area contributed by atoms with Crippen molar-refractivity contribution in [2.45, 2.75) is 19.9 Å². The minimum absolute atomic E-state index is 0.0382. The van der Waals surface area contributed by atoms with E-state index in [0.29, 0.717) is 18.8 Å². The number of nitrogens with one attached hydrogen (secondary N) is 1. The molecule has 0 spiro atoms. The van der Waals surface area contributed by atoms with Crippen LogP contribution in [-0.2, 0) is 0 Å². The van der Waals surface area contributed by atoms with E-state index in [-0.39, 0.29) is 23.6 Å². The standard InChI is InChI=1S/C15H22N4O2/c1-11(2)16-14(20)12-5-4-6-13(17-12)15(21)19-9-7-18(3)8-10-19/h4-6,11H,7-10H2,1-3H3,(H,16,20). The average molecular weight is 290 g/mol. The Kier molecular flexibility index (Phi) is 4.90. The van der Waals surface area contributed by atoms with Gasteiger partial charge in [-0.1, -0.05) is 6.07 Å². The van der Waals surface area contributed by atoms with Crippen LogP contribution in [0.1, 0.15) is 34.8 Å². The molecular formula is C15H22N4O2. The molecule has 0 unspecified atom stereocenters. The molecule has 1 aromatic rings. The first-order valence-corrected chi connectivity index (χ1v) is 7.23. The van der Waals surface area contributed by atoms with E-state index in [2.05, 4.69) is 15.2 Å². The van der Waals surface area contributed by atoms with Crippen molar-refractivity contribution in [2.24, 2.45) is 0 Å². The Morgan fingerprint density at radius 3 is 2.38 bits per heavy atom. The minimum atomic E-state index is -0.252. The molecule has 1 aliphatic rings. The number of nitrogens with zero attached hydrogens (tertiary/aromatic N) is 3. The zero-order valence-corrected chi connectivity index (χ0v) is 12.8. The lowest BCUT2D eigenvalue weighted by Crippen LogP contribution is -2.47. The van der Waals surface area contributed by atoms with E-state index in [1.165, 1.54) is 0 Å². The average Bonchev–Trinajstić information content (AvgIpc) is 2.47. The Hall–Kier alpha value is -1.95. The van der Waals surface area contributed by atoms with Crippen LogP contribution >= 0.6 is 0 Å². The number of hydrogen-bond acceptors (Lipinski definition) is 4. The van der Waals surface area contributed by atoms with Gasteiger partial charge < -0.3 is 15.1 Å². The summed E-state index contributed by atoms with van der Waals surface area (Å²) in [5.74, 6) is -0.361. The quantitative estimate of drug-likeness (QED) is 0.885. The Morgan fingerprint density at radius 1 is 1.14 bits per heavy atom. The van der Waals surface area contributed by atoms with Crippen molar-refractivity contribution < 1.29 is 9.59 Å². The van der Waals surface area contributed by atoms with E-state index < -0.39 is 0 Å². The van der Waals surface area contributed by atoms with Gasteiger partial charge in [-0.25, -0.2) is 4.98 Å². The molecule has 2 amide bonds. The van der Waals surface area contributed by atoms with E-state index in [1.54, 1.807) is 23.1 Å². The SMILES string of the molecule is CC(C)NC(=O)c1cccc(C(=O)N2CCN(C)CC2)n1. The maximum absolute atomic E-state index is 12.4. The highest BCUT2D eigenvalue weighted by Crippen LogP contribution is 2.07. The number of piperazine rings is 1. The topological polar surface area (TPSA) is 65.5 Å².